The lowest BCUT2D eigenvalue weighted by atomic mass is 9.93. The molecule has 2 fully saturated rings. The van der Waals surface area contributed by atoms with Crippen LogP contribution >= 0.6 is 0 Å². The summed E-state index contributed by atoms with van der Waals surface area (Å²) in [7, 11) is 1.94. The first kappa shape index (κ1) is 19.6. The van der Waals surface area contributed by atoms with Crippen LogP contribution in [0, 0.1) is 24.6 Å². The Kier molecular flexibility index (Phi) is 5.39. The molecule has 1 aliphatic heterocycles. The molecule has 154 valence electrons. The quantitative estimate of drug-likeness (QED) is 0.811. The van der Waals surface area contributed by atoms with Gasteiger partial charge in [-0.2, -0.15) is 0 Å². The monoisotopic (exact) mass is 398 g/mol. The van der Waals surface area contributed by atoms with Gasteiger partial charge in [0.1, 0.15) is 5.82 Å². The van der Waals surface area contributed by atoms with Crippen LogP contribution in [0.15, 0.2) is 30.7 Å². The zero-order valence-corrected chi connectivity index (χ0v) is 16.9. The molecular formula is C22H27FN4O2. The Labute approximate surface area is 170 Å². The Bertz CT molecular complexity index is 921. The van der Waals surface area contributed by atoms with Crippen LogP contribution in [0.25, 0.3) is 0 Å². The second-order valence-corrected chi connectivity index (χ2v) is 8.39. The van der Waals surface area contributed by atoms with Crippen molar-refractivity contribution in [2.75, 3.05) is 19.6 Å². The molecule has 1 saturated carbocycles. The lowest BCUT2D eigenvalue weighted by molar-refractivity contribution is -0.129. The Morgan fingerprint density at radius 1 is 1.28 bits per heavy atom. The molecule has 2 aliphatic rings. The molecule has 4 rings (SSSR count). The summed E-state index contributed by atoms with van der Waals surface area (Å²) in [5, 5.41) is 3.06. The van der Waals surface area contributed by atoms with Crippen molar-refractivity contribution in [3.05, 3.63) is 53.4 Å². The van der Waals surface area contributed by atoms with E-state index in [1.807, 2.05) is 24.7 Å². The summed E-state index contributed by atoms with van der Waals surface area (Å²) in [6.07, 6.45) is 5.56. The van der Waals surface area contributed by atoms with E-state index in [1.54, 1.807) is 23.4 Å². The van der Waals surface area contributed by atoms with Gasteiger partial charge < -0.3 is 14.8 Å². The molecule has 7 heteroatoms. The molecule has 1 N–H and O–H groups in total. The number of carbonyl (C=O) groups is 2. The SMILES string of the molecule is Cc1ccc(F)c(CC(=O)N2C[C@@H](CNC(=O)C3CC3)[C@H](c3cncn3C)C2)c1. The van der Waals surface area contributed by atoms with Gasteiger partial charge in [-0.25, -0.2) is 9.37 Å². The van der Waals surface area contributed by atoms with Crippen molar-refractivity contribution in [3.8, 4) is 0 Å². The molecular weight excluding hydrogens is 371 g/mol. The lowest BCUT2D eigenvalue weighted by Gasteiger charge is -2.18. The van der Waals surface area contributed by atoms with Crippen molar-refractivity contribution in [1.82, 2.24) is 19.8 Å². The number of rotatable bonds is 6. The standard InChI is InChI=1S/C22H27FN4O2/c1-14-3-6-19(23)16(7-14)8-21(28)27-11-17(9-25-22(29)15-4-5-15)18(12-27)20-10-24-13-26(20)2/h3,6-7,10,13,15,17-18H,4-5,8-9,11-12H2,1-2H3,(H,25,29)/t17-,18-/m1/s1. The van der Waals surface area contributed by atoms with Crippen molar-refractivity contribution in [2.45, 2.75) is 32.1 Å². The predicted molar refractivity (Wildman–Crippen MR) is 107 cm³/mol. The number of aryl methyl sites for hydroxylation is 2. The molecule has 0 unspecified atom stereocenters. The Hall–Kier alpha value is -2.70. The smallest absolute Gasteiger partial charge is 0.227 e. The van der Waals surface area contributed by atoms with Gasteiger partial charge in [0.25, 0.3) is 0 Å². The fourth-order valence-corrected chi connectivity index (χ4v) is 4.18. The Morgan fingerprint density at radius 3 is 2.76 bits per heavy atom. The number of nitrogens with zero attached hydrogens (tertiary/aromatic N) is 3. The third kappa shape index (κ3) is 4.33. The highest BCUT2D eigenvalue weighted by Gasteiger charge is 2.38. The van der Waals surface area contributed by atoms with E-state index in [1.165, 1.54) is 6.07 Å². The molecule has 2 aromatic rings. The molecule has 0 bridgehead atoms. The summed E-state index contributed by atoms with van der Waals surface area (Å²) in [4.78, 5) is 31.0. The van der Waals surface area contributed by atoms with E-state index in [9.17, 15) is 14.0 Å². The zero-order chi connectivity index (χ0) is 20.5. The van der Waals surface area contributed by atoms with E-state index in [-0.39, 0.29) is 41.8 Å². The first-order valence-corrected chi connectivity index (χ1v) is 10.2. The highest BCUT2D eigenvalue weighted by molar-refractivity contribution is 5.81. The summed E-state index contributed by atoms with van der Waals surface area (Å²) in [6, 6.07) is 4.85. The molecule has 2 atom stereocenters. The fourth-order valence-electron chi connectivity index (χ4n) is 4.18. The van der Waals surface area contributed by atoms with Crippen LogP contribution in [-0.2, 0) is 23.1 Å². The summed E-state index contributed by atoms with van der Waals surface area (Å²) in [5.74, 6) is 0.0407. The number of nitrogens with one attached hydrogen (secondary N) is 1. The van der Waals surface area contributed by atoms with E-state index in [0.717, 1.165) is 24.1 Å². The third-order valence-corrected chi connectivity index (χ3v) is 6.06. The first-order valence-electron chi connectivity index (χ1n) is 10.2. The number of amides is 2. The van der Waals surface area contributed by atoms with E-state index in [4.69, 9.17) is 0 Å². The van der Waals surface area contributed by atoms with Crippen LogP contribution < -0.4 is 5.32 Å². The van der Waals surface area contributed by atoms with Gasteiger partial charge in [0.15, 0.2) is 0 Å². The molecule has 2 heterocycles. The van der Waals surface area contributed by atoms with Crippen molar-refractivity contribution in [3.63, 3.8) is 0 Å². The van der Waals surface area contributed by atoms with E-state index >= 15 is 0 Å². The van der Waals surface area contributed by atoms with Gasteiger partial charge in [-0.05, 0) is 31.4 Å². The Balaban J connectivity index is 1.47. The van der Waals surface area contributed by atoms with Gasteiger partial charge in [-0.3, -0.25) is 9.59 Å². The van der Waals surface area contributed by atoms with Crippen molar-refractivity contribution in [2.24, 2.45) is 18.9 Å². The second kappa shape index (κ2) is 7.97. The molecule has 0 radical (unpaired) electrons. The topological polar surface area (TPSA) is 67.2 Å². The molecule has 0 spiro atoms. The molecule has 1 aromatic heterocycles. The maximum atomic E-state index is 14.1. The van der Waals surface area contributed by atoms with Gasteiger partial charge in [0.05, 0.1) is 12.7 Å². The molecule has 1 aliphatic carbocycles. The van der Waals surface area contributed by atoms with Crippen LogP contribution in [-0.4, -0.2) is 45.9 Å². The average Bonchev–Trinajstić information content (AvgIpc) is 3.33. The summed E-state index contributed by atoms with van der Waals surface area (Å²) < 4.78 is 16.1. The minimum atomic E-state index is -0.348. The molecule has 1 aromatic carbocycles. The van der Waals surface area contributed by atoms with Crippen molar-refractivity contribution >= 4 is 11.8 Å². The van der Waals surface area contributed by atoms with E-state index in [0.29, 0.717) is 25.2 Å². The fraction of sp³-hybridized carbons (Fsp3) is 0.500. The molecule has 6 nitrogen and oxygen atoms in total. The highest BCUT2D eigenvalue weighted by Crippen LogP contribution is 2.33. The van der Waals surface area contributed by atoms with Crippen molar-refractivity contribution < 1.29 is 14.0 Å². The van der Waals surface area contributed by atoms with Gasteiger partial charge in [0.2, 0.25) is 11.8 Å². The Morgan fingerprint density at radius 2 is 2.07 bits per heavy atom. The number of benzene rings is 1. The number of halogens is 1. The summed E-state index contributed by atoms with van der Waals surface area (Å²) in [6.45, 7) is 3.52. The molecule has 2 amide bonds. The summed E-state index contributed by atoms with van der Waals surface area (Å²) in [5.41, 5.74) is 2.41. The third-order valence-electron chi connectivity index (χ3n) is 6.06. The number of likely N-dealkylation sites (tertiary alicyclic amines) is 1. The van der Waals surface area contributed by atoms with Gasteiger partial charge >= 0.3 is 0 Å². The van der Waals surface area contributed by atoms with Gasteiger partial charge in [0, 0.05) is 56.3 Å². The number of aromatic nitrogens is 2. The highest BCUT2D eigenvalue weighted by atomic mass is 19.1. The number of carbonyl (C=O) groups excluding carboxylic acids is 2. The van der Waals surface area contributed by atoms with Crippen LogP contribution in [0.1, 0.15) is 35.6 Å². The van der Waals surface area contributed by atoms with E-state index < -0.39 is 0 Å². The predicted octanol–water partition coefficient (Wildman–Crippen LogP) is 2.18. The van der Waals surface area contributed by atoms with Gasteiger partial charge in [-0.15, -0.1) is 0 Å². The summed E-state index contributed by atoms with van der Waals surface area (Å²) >= 11 is 0. The molecule has 29 heavy (non-hydrogen) atoms. The average molecular weight is 398 g/mol. The molecule has 1 saturated heterocycles. The van der Waals surface area contributed by atoms with Crippen molar-refractivity contribution in [1.29, 1.82) is 0 Å². The normalized spacial score (nSPS) is 21.4. The van der Waals surface area contributed by atoms with Crippen LogP contribution in [0.4, 0.5) is 4.39 Å². The first-order chi connectivity index (χ1) is 13.9. The van der Waals surface area contributed by atoms with Crippen LogP contribution in [0.3, 0.4) is 0 Å². The number of imidazole rings is 1. The second-order valence-electron chi connectivity index (χ2n) is 8.39. The largest absolute Gasteiger partial charge is 0.355 e. The maximum absolute atomic E-state index is 14.1. The minimum absolute atomic E-state index is 0.0484. The van der Waals surface area contributed by atoms with Crippen LogP contribution in [0.2, 0.25) is 0 Å². The number of hydrogen-bond donors (Lipinski definition) is 1. The van der Waals surface area contributed by atoms with E-state index in [2.05, 4.69) is 10.3 Å². The maximum Gasteiger partial charge on any atom is 0.227 e. The lowest BCUT2D eigenvalue weighted by Crippen LogP contribution is -2.34. The minimum Gasteiger partial charge on any atom is -0.355 e. The number of hydrogen-bond acceptors (Lipinski definition) is 3. The van der Waals surface area contributed by atoms with Crippen LogP contribution in [0.5, 0.6) is 0 Å². The van der Waals surface area contributed by atoms with Gasteiger partial charge in [-0.1, -0.05) is 17.7 Å². The zero-order valence-electron chi connectivity index (χ0n) is 16.9.